The van der Waals surface area contributed by atoms with E-state index in [9.17, 15) is 9.90 Å². The number of hydrogen-bond acceptors (Lipinski definition) is 3. The minimum atomic E-state index is -0.117. The zero-order valence-corrected chi connectivity index (χ0v) is 7.81. The Morgan fingerprint density at radius 3 is 2.57 bits per heavy atom. The summed E-state index contributed by atoms with van der Waals surface area (Å²) in [7, 11) is 0. The molecule has 0 atom stereocenters. The van der Waals surface area contributed by atoms with Crippen molar-refractivity contribution in [3.63, 3.8) is 0 Å². The van der Waals surface area contributed by atoms with E-state index in [1.54, 1.807) is 6.07 Å². The van der Waals surface area contributed by atoms with Crippen LogP contribution in [0.4, 0.5) is 0 Å². The van der Waals surface area contributed by atoms with Gasteiger partial charge in [0.1, 0.15) is 6.29 Å². The molecule has 1 aromatic carbocycles. The van der Waals surface area contributed by atoms with Gasteiger partial charge in [-0.2, -0.15) is 0 Å². The highest BCUT2D eigenvalue weighted by Crippen LogP contribution is 2.26. The van der Waals surface area contributed by atoms with Gasteiger partial charge in [0, 0.05) is 6.42 Å². The molecule has 0 bridgehead atoms. The van der Waals surface area contributed by atoms with E-state index < -0.39 is 0 Å². The van der Waals surface area contributed by atoms with E-state index in [4.69, 9.17) is 5.11 Å². The van der Waals surface area contributed by atoms with Crippen molar-refractivity contribution < 1.29 is 15.0 Å². The number of benzene rings is 1. The third-order valence-electron chi connectivity index (χ3n) is 1.91. The Hall–Kier alpha value is -1.51. The quantitative estimate of drug-likeness (QED) is 0.427. The molecule has 0 spiro atoms. The fourth-order valence-corrected chi connectivity index (χ4v) is 1.14. The van der Waals surface area contributed by atoms with Crippen LogP contribution >= 0.6 is 0 Å². The summed E-state index contributed by atoms with van der Waals surface area (Å²) in [6.45, 7) is 0. The second-order valence-electron chi connectivity index (χ2n) is 3.05. The van der Waals surface area contributed by atoms with Gasteiger partial charge in [-0.05, 0) is 37.0 Å². The lowest BCUT2D eigenvalue weighted by Crippen LogP contribution is -1.83. The van der Waals surface area contributed by atoms with Gasteiger partial charge >= 0.3 is 0 Å². The first-order valence-electron chi connectivity index (χ1n) is 4.53. The maximum Gasteiger partial charge on any atom is 0.157 e. The summed E-state index contributed by atoms with van der Waals surface area (Å²) in [5.74, 6) is -0.232. The Morgan fingerprint density at radius 1 is 1.14 bits per heavy atom. The minimum absolute atomic E-state index is 0.116. The van der Waals surface area contributed by atoms with Gasteiger partial charge in [0.2, 0.25) is 0 Å². The number of carbonyl (C=O) groups excluding carboxylic acids is 1. The molecule has 1 rings (SSSR count). The highest BCUT2D eigenvalue weighted by atomic mass is 16.3. The number of rotatable bonds is 5. The van der Waals surface area contributed by atoms with Crippen molar-refractivity contribution in [2.24, 2.45) is 0 Å². The van der Waals surface area contributed by atoms with E-state index in [1.807, 2.05) is 6.42 Å². The molecule has 1 aromatic rings. The Bertz CT molecular complexity index is 307. The standard InChI is InChI=1S/C11H13O3/c12-7-3-1-2-4-9-5-6-10(13)11(14)8-9/h4-8,13-14H,1-3H2. The molecule has 0 fully saturated rings. The predicted molar refractivity (Wildman–Crippen MR) is 53.1 cm³/mol. The van der Waals surface area contributed by atoms with E-state index in [0.717, 1.165) is 24.7 Å². The van der Waals surface area contributed by atoms with Gasteiger partial charge in [-0.1, -0.05) is 6.07 Å². The van der Waals surface area contributed by atoms with Crippen molar-refractivity contribution in [3.05, 3.63) is 30.2 Å². The molecule has 1 radical (unpaired) electrons. The topological polar surface area (TPSA) is 57.5 Å². The van der Waals surface area contributed by atoms with Crippen LogP contribution in [0, 0.1) is 6.42 Å². The molecule has 3 nitrogen and oxygen atoms in total. The Labute approximate surface area is 83.0 Å². The summed E-state index contributed by atoms with van der Waals surface area (Å²) in [4.78, 5) is 10.0. The Morgan fingerprint density at radius 2 is 1.93 bits per heavy atom. The summed E-state index contributed by atoms with van der Waals surface area (Å²) in [5.41, 5.74) is 0.853. The smallest absolute Gasteiger partial charge is 0.157 e. The SMILES string of the molecule is O=CCCC[CH]c1ccc(O)c(O)c1. The van der Waals surface area contributed by atoms with Gasteiger partial charge in [0.05, 0.1) is 0 Å². The van der Waals surface area contributed by atoms with Crippen LogP contribution in [0.1, 0.15) is 24.8 Å². The van der Waals surface area contributed by atoms with E-state index in [-0.39, 0.29) is 11.5 Å². The maximum absolute atomic E-state index is 10.0. The van der Waals surface area contributed by atoms with E-state index in [2.05, 4.69) is 0 Å². The summed E-state index contributed by atoms with van der Waals surface area (Å²) < 4.78 is 0. The van der Waals surface area contributed by atoms with Gasteiger partial charge in [-0.3, -0.25) is 0 Å². The minimum Gasteiger partial charge on any atom is -0.504 e. The van der Waals surface area contributed by atoms with Crippen LogP contribution in [-0.2, 0) is 4.79 Å². The molecule has 0 aliphatic heterocycles. The number of aromatic hydroxyl groups is 2. The molecule has 0 saturated heterocycles. The van der Waals surface area contributed by atoms with Gasteiger partial charge in [-0.25, -0.2) is 0 Å². The molecule has 75 valence electrons. The number of phenols is 2. The zero-order valence-electron chi connectivity index (χ0n) is 7.81. The first-order valence-corrected chi connectivity index (χ1v) is 4.53. The lowest BCUT2D eigenvalue weighted by Gasteiger charge is -2.02. The summed E-state index contributed by atoms with van der Waals surface area (Å²) in [6, 6.07) is 4.66. The Kier molecular flexibility index (Phi) is 3.98. The first-order chi connectivity index (χ1) is 6.74. The zero-order chi connectivity index (χ0) is 10.4. The number of aldehydes is 1. The van der Waals surface area contributed by atoms with Crippen LogP contribution in [0.25, 0.3) is 0 Å². The van der Waals surface area contributed by atoms with Crippen molar-refractivity contribution in [2.75, 3.05) is 0 Å². The average molecular weight is 193 g/mol. The van der Waals surface area contributed by atoms with Crippen molar-refractivity contribution in [2.45, 2.75) is 19.3 Å². The van der Waals surface area contributed by atoms with E-state index >= 15 is 0 Å². The molecule has 0 aromatic heterocycles. The lowest BCUT2D eigenvalue weighted by atomic mass is 10.1. The van der Waals surface area contributed by atoms with Crippen LogP contribution in [0.3, 0.4) is 0 Å². The molecular weight excluding hydrogens is 180 g/mol. The van der Waals surface area contributed by atoms with E-state index in [1.165, 1.54) is 12.1 Å². The second kappa shape index (κ2) is 5.27. The van der Waals surface area contributed by atoms with Crippen LogP contribution in [0.2, 0.25) is 0 Å². The van der Waals surface area contributed by atoms with Gasteiger partial charge in [0.25, 0.3) is 0 Å². The highest BCUT2D eigenvalue weighted by Gasteiger charge is 2.00. The second-order valence-corrected chi connectivity index (χ2v) is 3.05. The molecule has 0 unspecified atom stereocenters. The van der Waals surface area contributed by atoms with Crippen LogP contribution in [0.5, 0.6) is 11.5 Å². The van der Waals surface area contributed by atoms with Gasteiger partial charge in [0.15, 0.2) is 11.5 Å². The monoisotopic (exact) mass is 193 g/mol. The number of phenolic OH excluding ortho intramolecular Hbond substituents is 2. The summed E-state index contributed by atoms with van der Waals surface area (Å²) >= 11 is 0. The van der Waals surface area contributed by atoms with Crippen LogP contribution in [0.15, 0.2) is 18.2 Å². The fraction of sp³-hybridized carbons (Fsp3) is 0.273. The number of hydrogen-bond donors (Lipinski definition) is 2. The third-order valence-corrected chi connectivity index (χ3v) is 1.91. The van der Waals surface area contributed by atoms with Crippen LogP contribution in [-0.4, -0.2) is 16.5 Å². The van der Waals surface area contributed by atoms with Gasteiger partial charge < -0.3 is 15.0 Å². The largest absolute Gasteiger partial charge is 0.504 e. The van der Waals surface area contributed by atoms with Gasteiger partial charge in [-0.15, -0.1) is 0 Å². The summed E-state index contributed by atoms with van der Waals surface area (Å²) in [6.07, 6.45) is 4.97. The number of carbonyl (C=O) groups is 1. The van der Waals surface area contributed by atoms with Crippen molar-refractivity contribution in [1.29, 1.82) is 0 Å². The van der Waals surface area contributed by atoms with Crippen molar-refractivity contribution in [3.8, 4) is 11.5 Å². The van der Waals surface area contributed by atoms with E-state index in [0.29, 0.717) is 6.42 Å². The van der Waals surface area contributed by atoms with Crippen LogP contribution < -0.4 is 0 Å². The lowest BCUT2D eigenvalue weighted by molar-refractivity contribution is -0.107. The summed E-state index contributed by atoms with van der Waals surface area (Å²) in [5, 5.41) is 18.2. The maximum atomic E-state index is 10.0. The van der Waals surface area contributed by atoms with Crippen molar-refractivity contribution in [1.82, 2.24) is 0 Å². The predicted octanol–water partition coefficient (Wildman–Crippen LogP) is 2.02. The molecular formula is C11H13O3. The normalized spacial score (nSPS) is 10.0. The first kappa shape index (κ1) is 10.6. The molecule has 0 aliphatic carbocycles. The number of unbranched alkanes of at least 4 members (excludes halogenated alkanes) is 2. The van der Waals surface area contributed by atoms with Crippen molar-refractivity contribution >= 4 is 6.29 Å². The highest BCUT2D eigenvalue weighted by molar-refractivity contribution is 5.49. The molecule has 3 heteroatoms. The molecule has 0 saturated carbocycles. The Balaban J connectivity index is 2.43. The average Bonchev–Trinajstić information content (AvgIpc) is 2.18. The fourth-order valence-electron chi connectivity index (χ4n) is 1.14. The molecule has 2 N–H and O–H groups in total. The molecule has 14 heavy (non-hydrogen) atoms. The molecule has 0 amide bonds. The molecule has 0 aliphatic rings. The third kappa shape index (κ3) is 3.09. The molecule has 0 heterocycles.